The first-order valence-electron chi connectivity index (χ1n) is 5.62. The van der Waals surface area contributed by atoms with Crippen molar-refractivity contribution in [1.29, 1.82) is 0 Å². The van der Waals surface area contributed by atoms with Gasteiger partial charge in [-0.1, -0.05) is 44.2 Å². The Hall–Kier alpha value is -1.28. The molecule has 88 valence electrons. The van der Waals surface area contributed by atoms with Gasteiger partial charge < -0.3 is 9.84 Å². The molecule has 1 rings (SSSR count). The molecule has 0 saturated carbocycles. The van der Waals surface area contributed by atoms with Crippen LogP contribution >= 0.6 is 0 Å². The van der Waals surface area contributed by atoms with E-state index in [-0.39, 0.29) is 0 Å². The fourth-order valence-corrected chi connectivity index (χ4v) is 1.55. The van der Waals surface area contributed by atoms with Crippen LogP contribution in [0.3, 0.4) is 0 Å². The Morgan fingerprint density at radius 2 is 2.00 bits per heavy atom. The topological polar surface area (TPSA) is 29.5 Å². The minimum absolute atomic E-state index is 0.494. The summed E-state index contributed by atoms with van der Waals surface area (Å²) in [4.78, 5) is 0. The number of ether oxygens (including phenoxy) is 1. The monoisotopic (exact) mass is 220 g/mol. The third-order valence-electron chi connectivity index (χ3n) is 2.38. The third-order valence-corrected chi connectivity index (χ3v) is 2.38. The van der Waals surface area contributed by atoms with Crippen molar-refractivity contribution < 1.29 is 9.84 Å². The smallest absolute Gasteiger partial charge is 0.124 e. The second-order valence-electron chi connectivity index (χ2n) is 4.17. The van der Waals surface area contributed by atoms with Gasteiger partial charge in [-0.25, -0.2) is 0 Å². The average molecular weight is 220 g/mol. The Labute approximate surface area is 97.6 Å². The van der Waals surface area contributed by atoms with Crippen molar-refractivity contribution in [2.75, 3.05) is 7.11 Å². The molecule has 1 aromatic rings. The number of aliphatic hydroxyl groups excluding tert-OH is 1. The summed E-state index contributed by atoms with van der Waals surface area (Å²) in [5, 5.41) is 10.0. The zero-order chi connectivity index (χ0) is 12.0. The van der Waals surface area contributed by atoms with Crippen LogP contribution in [0.5, 0.6) is 5.75 Å². The maximum absolute atomic E-state index is 10.0. The molecule has 0 radical (unpaired) electrons. The van der Waals surface area contributed by atoms with Gasteiger partial charge in [-0.15, -0.1) is 0 Å². The number of hydrogen-bond acceptors (Lipinski definition) is 2. The van der Waals surface area contributed by atoms with Gasteiger partial charge in [0.05, 0.1) is 13.2 Å². The first-order valence-corrected chi connectivity index (χ1v) is 5.62. The normalized spacial score (nSPS) is 13.3. The van der Waals surface area contributed by atoms with E-state index in [1.54, 1.807) is 7.11 Å². The molecule has 16 heavy (non-hydrogen) atoms. The molecule has 1 atom stereocenters. The van der Waals surface area contributed by atoms with E-state index in [1.807, 2.05) is 30.3 Å². The van der Waals surface area contributed by atoms with Gasteiger partial charge in [0.2, 0.25) is 0 Å². The fourth-order valence-electron chi connectivity index (χ4n) is 1.55. The lowest BCUT2D eigenvalue weighted by Gasteiger charge is -2.12. The number of rotatable bonds is 5. The number of hydrogen-bond donors (Lipinski definition) is 1. The first-order chi connectivity index (χ1) is 7.65. The number of benzene rings is 1. The Morgan fingerprint density at radius 3 is 2.62 bits per heavy atom. The molecular formula is C14H20O2. The van der Waals surface area contributed by atoms with E-state index < -0.39 is 6.10 Å². The largest absolute Gasteiger partial charge is 0.496 e. The Balaban J connectivity index is 2.68. The van der Waals surface area contributed by atoms with Crippen LogP contribution < -0.4 is 4.74 Å². The molecule has 0 heterocycles. The van der Waals surface area contributed by atoms with Crippen LogP contribution in [0.1, 0.15) is 31.9 Å². The molecule has 2 heteroatoms. The van der Waals surface area contributed by atoms with Crippen LogP contribution in [0, 0.1) is 5.92 Å². The molecule has 0 amide bonds. The highest BCUT2D eigenvalue weighted by Crippen LogP contribution is 2.26. The molecule has 0 saturated heterocycles. The number of methoxy groups -OCH3 is 1. The van der Waals surface area contributed by atoms with Crippen LogP contribution in [0.4, 0.5) is 0 Å². The predicted molar refractivity (Wildman–Crippen MR) is 66.5 cm³/mol. The molecule has 1 aromatic carbocycles. The van der Waals surface area contributed by atoms with Crippen molar-refractivity contribution in [3.8, 4) is 5.75 Å². The van der Waals surface area contributed by atoms with Crippen molar-refractivity contribution in [2.24, 2.45) is 5.92 Å². The van der Waals surface area contributed by atoms with Crippen molar-refractivity contribution in [3.63, 3.8) is 0 Å². The Kier molecular flexibility index (Phi) is 5.06. The lowest BCUT2D eigenvalue weighted by Crippen LogP contribution is -1.99. The zero-order valence-electron chi connectivity index (χ0n) is 10.2. The molecule has 0 aromatic heterocycles. The molecular weight excluding hydrogens is 200 g/mol. The summed E-state index contributed by atoms with van der Waals surface area (Å²) < 4.78 is 5.21. The van der Waals surface area contributed by atoms with E-state index in [1.165, 1.54) is 0 Å². The summed E-state index contributed by atoms with van der Waals surface area (Å²) in [6, 6.07) is 7.57. The highest BCUT2D eigenvalue weighted by molar-refractivity contribution is 5.35. The molecule has 0 aliphatic rings. The van der Waals surface area contributed by atoms with E-state index in [0.29, 0.717) is 12.3 Å². The van der Waals surface area contributed by atoms with E-state index in [9.17, 15) is 5.11 Å². The van der Waals surface area contributed by atoms with E-state index in [0.717, 1.165) is 11.3 Å². The van der Waals surface area contributed by atoms with Gasteiger partial charge >= 0.3 is 0 Å². The second-order valence-corrected chi connectivity index (χ2v) is 4.17. The highest BCUT2D eigenvalue weighted by atomic mass is 16.5. The lowest BCUT2D eigenvalue weighted by molar-refractivity contribution is 0.177. The van der Waals surface area contributed by atoms with Gasteiger partial charge in [-0.2, -0.15) is 0 Å². The van der Waals surface area contributed by atoms with Crippen molar-refractivity contribution in [2.45, 2.75) is 26.4 Å². The van der Waals surface area contributed by atoms with Gasteiger partial charge in [-0.05, 0) is 18.4 Å². The standard InChI is InChI=1S/C14H20O2/c1-11(2)7-6-9-13(15)12-8-4-5-10-14(12)16-3/h4-8,10-11,13,15H,9H2,1-3H3/b7-6-. The lowest BCUT2D eigenvalue weighted by atomic mass is 10.0. The fraction of sp³-hybridized carbons (Fsp3) is 0.429. The number of aliphatic hydroxyl groups is 1. The van der Waals surface area contributed by atoms with E-state index in [4.69, 9.17) is 4.74 Å². The summed E-state index contributed by atoms with van der Waals surface area (Å²) in [5.74, 6) is 1.26. The Morgan fingerprint density at radius 1 is 1.31 bits per heavy atom. The quantitative estimate of drug-likeness (QED) is 0.771. The maximum Gasteiger partial charge on any atom is 0.124 e. The minimum atomic E-state index is -0.494. The van der Waals surface area contributed by atoms with Gasteiger partial charge in [0.15, 0.2) is 0 Å². The summed E-state index contributed by atoms with van der Waals surface area (Å²) >= 11 is 0. The zero-order valence-corrected chi connectivity index (χ0v) is 10.2. The van der Waals surface area contributed by atoms with Crippen LogP contribution in [0.15, 0.2) is 36.4 Å². The van der Waals surface area contributed by atoms with E-state index >= 15 is 0 Å². The van der Waals surface area contributed by atoms with Crippen molar-refractivity contribution in [1.82, 2.24) is 0 Å². The van der Waals surface area contributed by atoms with Gasteiger partial charge in [-0.3, -0.25) is 0 Å². The molecule has 0 bridgehead atoms. The third kappa shape index (κ3) is 3.70. The number of para-hydroxylation sites is 1. The molecule has 0 aliphatic heterocycles. The molecule has 0 spiro atoms. The van der Waals surface area contributed by atoms with Crippen LogP contribution in [-0.4, -0.2) is 12.2 Å². The predicted octanol–water partition coefficient (Wildman–Crippen LogP) is 3.33. The minimum Gasteiger partial charge on any atom is -0.496 e. The highest BCUT2D eigenvalue weighted by Gasteiger charge is 2.10. The summed E-state index contributed by atoms with van der Waals surface area (Å²) in [6.07, 6.45) is 4.24. The summed E-state index contributed by atoms with van der Waals surface area (Å²) in [7, 11) is 1.62. The summed E-state index contributed by atoms with van der Waals surface area (Å²) in [5.41, 5.74) is 0.846. The number of allylic oxidation sites excluding steroid dienone is 1. The van der Waals surface area contributed by atoms with Gasteiger partial charge in [0, 0.05) is 5.56 Å². The second kappa shape index (κ2) is 6.33. The van der Waals surface area contributed by atoms with Crippen LogP contribution in [-0.2, 0) is 0 Å². The summed E-state index contributed by atoms with van der Waals surface area (Å²) in [6.45, 7) is 4.23. The van der Waals surface area contributed by atoms with Gasteiger partial charge in [0.1, 0.15) is 5.75 Å². The van der Waals surface area contributed by atoms with Crippen LogP contribution in [0.25, 0.3) is 0 Å². The average Bonchev–Trinajstić information content (AvgIpc) is 2.28. The van der Waals surface area contributed by atoms with E-state index in [2.05, 4.69) is 19.9 Å². The molecule has 1 unspecified atom stereocenters. The van der Waals surface area contributed by atoms with Crippen molar-refractivity contribution in [3.05, 3.63) is 42.0 Å². The van der Waals surface area contributed by atoms with Gasteiger partial charge in [0.25, 0.3) is 0 Å². The molecule has 0 aliphatic carbocycles. The maximum atomic E-state index is 10.0. The SMILES string of the molecule is COc1ccccc1C(O)C/C=C\C(C)C. The first kappa shape index (κ1) is 12.8. The molecule has 0 fully saturated rings. The van der Waals surface area contributed by atoms with Crippen molar-refractivity contribution >= 4 is 0 Å². The Bertz CT molecular complexity index is 342. The molecule has 1 N–H and O–H groups in total. The molecule has 2 nitrogen and oxygen atoms in total. The van der Waals surface area contributed by atoms with Crippen LogP contribution in [0.2, 0.25) is 0 Å².